The minimum absolute atomic E-state index is 0.0953. The number of pyridine rings is 1. The van der Waals surface area contributed by atoms with Crippen molar-refractivity contribution in [1.29, 1.82) is 0 Å². The number of amides is 2. The van der Waals surface area contributed by atoms with E-state index in [1.165, 1.54) is 28.8 Å². The minimum Gasteiger partial charge on any atom is -0.380 e. The van der Waals surface area contributed by atoms with Crippen LogP contribution in [0.5, 0.6) is 0 Å². The van der Waals surface area contributed by atoms with Crippen LogP contribution < -0.4 is 10.9 Å². The normalized spacial score (nSPS) is 13.0. The Hall–Kier alpha value is -2.92. The van der Waals surface area contributed by atoms with Crippen molar-refractivity contribution >= 4 is 49.6 Å². The molecule has 0 radical (unpaired) electrons. The fraction of sp³-hybridized carbons (Fsp3) is 0.174. The zero-order chi connectivity index (χ0) is 24.8. The maximum atomic E-state index is 13.7. The van der Waals surface area contributed by atoms with Crippen molar-refractivity contribution in [3.05, 3.63) is 98.1 Å². The molecule has 1 aliphatic heterocycles. The summed E-state index contributed by atoms with van der Waals surface area (Å²) >= 11 is 6.04. The molecule has 3 aromatic rings. The molecule has 0 spiro atoms. The predicted octanol–water partition coefficient (Wildman–Crippen LogP) is 5.13. The van der Waals surface area contributed by atoms with Crippen LogP contribution in [-0.2, 0) is 22.7 Å². The Bertz CT molecular complexity index is 1270. The highest BCUT2D eigenvalue weighted by molar-refractivity contribution is 9.10. The zero-order valence-electron chi connectivity index (χ0n) is 17.5. The van der Waals surface area contributed by atoms with Crippen LogP contribution in [-0.4, -0.2) is 20.3 Å². The molecule has 1 aliphatic rings. The highest BCUT2D eigenvalue weighted by Gasteiger charge is 2.26. The summed E-state index contributed by atoms with van der Waals surface area (Å²) in [5.74, 6) is -1.96. The van der Waals surface area contributed by atoms with Crippen molar-refractivity contribution in [3.63, 3.8) is 0 Å². The number of nitrogens with zero attached hydrogens (tertiary/aromatic N) is 2. The van der Waals surface area contributed by atoms with Gasteiger partial charge in [0, 0.05) is 37.2 Å². The smallest absolute Gasteiger partial charge is 0.267 e. The summed E-state index contributed by atoms with van der Waals surface area (Å²) in [7, 11) is 0. The van der Waals surface area contributed by atoms with Gasteiger partial charge in [0.15, 0.2) is 0 Å². The van der Waals surface area contributed by atoms with Crippen LogP contribution in [0.15, 0.2) is 64.0 Å². The summed E-state index contributed by atoms with van der Waals surface area (Å²) < 4.78 is 42.6. The first-order chi connectivity index (χ1) is 16.2. The van der Waals surface area contributed by atoms with Crippen LogP contribution in [0, 0.1) is 17.5 Å². The number of carbonyl (C=O) groups is 2. The van der Waals surface area contributed by atoms with Crippen LogP contribution in [0.4, 0.5) is 18.9 Å². The number of benzene rings is 2. The lowest BCUT2D eigenvalue weighted by Gasteiger charge is -2.12. The molecule has 34 heavy (non-hydrogen) atoms. The van der Waals surface area contributed by atoms with Gasteiger partial charge in [0.1, 0.15) is 21.9 Å². The van der Waals surface area contributed by atoms with Gasteiger partial charge in [-0.15, -0.1) is 0 Å². The molecule has 1 aromatic heterocycles. The van der Waals surface area contributed by atoms with E-state index in [0.29, 0.717) is 24.1 Å². The number of halogens is 5. The third-order valence-electron chi connectivity index (χ3n) is 4.82. The van der Waals surface area contributed by atoms with Gasteiger partial charge in [-0.05, 0) is 45.8 Å². The Morgan fingerprint density at radius 1 is 0.912 bits per heavy atom. The Morgan fingerprint density at radius 3 is 2.18 bits per heavy atom. The number of anilines is 1. The maximum Gasteiger partial charge on any atom is 0.267 e. The first-order valence-electron chi connectivity index (χ1n) is 9.98. The van der Waals surface area contributed by atoms with Crippen molar-refractivity contribution in [3.8, 4) is 0 Å². The first-order valence-corrected chi connectivity index (χ1v) is 11.5. The SMILES string of the molecule is O=C1CCC(=O)N1Br.O=c1c(Br)c(NCc2ccc(F)cc2F)ccn1Cc1cccc(F)c1. The molecule has 0 aliphatic carbocycles. The molecular formula is C23H18Br2F3N3O3. The van der Waals surface area contributed by atoms with Crippen LogP contribution in [0.1, 0.15) is 24.0 Å². The Balaban J connectivity index is 0.000000343. The van der Waals surface area contributed by atoms with E-state index < -0.39 is 11.6 Å². The van der Waals surface area contributed by atoms with Crippen LogP contribution in [0.2, 0.25) is 0 Å². The van der Waals surface area contributed by atoms with Gasteiger partial charge in [-0.1, -0.05) is 18.2 Å². The molecule has 6 nitrogen and oxygen atoms in total. The lowest BCUT2D eigenvalue weighted by molar-refractivity contribution is -0.131. The predicted molar refractivity (Wildman–Crippen MR) is 128 cm³/mol. The van der Waals surface area contributed by atoms with E-state index in [9.17, 15) is 27.6 Å². The van der Waals surface area contributed by atoms with E-state index in [4.69, 9.17) is 0 Å². The number of rotatable bonds is 5. The summed E-state index contributed by atoms with van der Waals surface area (Å²) in [6, 6.07) is 11.0. The van der Waals surface area contributed by atoms with Crippen molar-refractivity contribution in [2.24, 2.45) is 0 Å². The average molecular weight is 601 g/mol. The minimum atomic E-state index is -0.659. The van der Waals surface area contributed by atoms with E-state index in [0.717, 1.165) is 9.99 Å². The molecule has 2 heterocycles. The van der Waals surface area contributed by atoms with Crippen molar-refractivity contribution < 1.29 is 22.8 Å². The van der Waals surface area contributed by atoms with Crippen molar-refractivity contribution in [2.45, 2.75) is 25.9 Å². The number of aromatic nitrogens is 1. The number of carbonyl (C=O) groups excluding carboxylic acids is 2. The largest absolute Gasteiger partial charge is 0.380 e. The topological polar surface area (TPSA) is 71.4 Å². The summed E-state index contributed by atoms with van der Waals surface area (Å²) in [5.41, 5.74) is 1.11. The highest BCUT2D eigenvalue weighted by atomic mass is 79.9. The summed E-state index contributed by atoms with van der Waals surface area (Å²) in [6.07, 6.45) is 2.27. The van der Waals surface area contributed by atoms with Gasteiger partial charge in [-0.3, -0.25) is 14.4 Å². The van der Waals surface area contributed by atoms with Gasteiger partial charge in [-0.25, -0.2) is 17.1 Å². The molecule has 0 bridgehead atoms. The zero-order valence-corrected chi connectivity index (χ0v) is 20.7. The van der Waals surface area contributed by atoms with Gasteiger partial charge in [0.2, 0.25) is 11.8 Å². The summed E-state index contributed by atoms with van der Waals surface area (Å²) in [5, 5.41) is 2.95. The highest BCUT2D eigenvalue weighted by Crippen LogP contribution is 2.20. The lowest BCUT2D eigenvalue weighted by Crippen LogP contribution is -2.22. The fourth-order valence-electron chi connectivity index (χ4n) is 3.04. The molecule has 0 atom stereocenters. The van der Waals surface area contributed by atoms with Crippen LogP contribution in [0.25, 0.3) is 0 Å². The van der Waals surface area contributed by atoms with Crippen molar-refractivity contribution in [2.75, 3.05) is 5.32 Å². The molecule has 1 fully saturated rings. The maximum absolute atomic E-state index is 13.7. The van der Waals surface area contributed by atoms with E-state index in [2.05, 4.69) is 37.4 Å². The molecule has 4 rings (SSSR count). The van der Waals surface area contributed by atoms with E-state index in [1.807, 2.05) is 0 Å². The average Bonchev–Trinajstić information content (AvgIpc) is 3.09. The standard InChI is InChI=1S/C19H14BrF3N2O.C4H4BrNO2/c20-18-17(24-10-13-4-5-15(22)9-16(13)23)6-7-25(19(18)26)11-12-2-1-3-14(21)8-12;5-6-3(7)1-2-4(6)8/h1-9,24H,10-11H2;1-2H2. The third-order valence-corrected chi connectivity index (χ3v) is 6.38. The Kier molecular flexibility index (Phi) is 8.67. The van der Waals surface area contributed by atoms with E-state index in [-0.39, 0.29) is 46.3 Å². The number of nitrogens with one attached hydrogen (secondary N) is 1. The number of imide groups is 1. The van der Waals surface area contributed by atoms with Gasteiger partial charge in [0.05, 0.1) is 28.4 Å². The van der Waals surface area contributed by atoms with E-state index in [1.54, 1.807) is 24.4 Å². The van der Waals surface area contributed by atoms with Crippen LogP contribution in [0.3, 0.4) is 0 Å². The molecular weight excluding hydrogens is 583 g/mol. The molecule has 0 saturated carbocycles. The molecule has 11 heteroatoms. The van der Waals surface area contributed by atoms with E-state index >= 15 is 0 Å². The Labute approximate surface area is 209 Å². The fourth-order valence-corrected chi connectivity index (χ4v) is 3.90. The first kappa shape index (κ1) is 25.7. The molecule has 1 N–H and O–H groups in total. The molecule has 0 unspecified atom stereocenters. The Morgan fingerprint density at radius 2 is 1.59 bits per heavy atom. The second-order valence-corrected chi connectivity index (χ2v) is 8.77. The van der Waals surface area contributed by atoms with Gasteiger partial charge < -0.3 is 9.88 Å². The van der Waals surface area contributed by atoms with Crippen molar-refractivity contribution in [1.82, 2.24) is 8.49 Å². The third kappa shape index (κ3) is 6.57. The van der Waals surface area contributed by atoms with Gasteiger partial charge >= 0.3 is 0 Å². The summed E-state index contributed by atoms with van der Waals surface area (Å²) in [6.45, 7) is 0.320. The van der Waals surface area contributed by atoms with Crippen LogP contribution >= 0.6 is 32.1 Å². The monoisotopic (exact) mass is 599 g/mol. The number of hydrogen-bond donors (Lipinski definition) is 1. The quantitative estimate of drug-likeness (QED) is 0.325. The summed E-state index contributed by atoms with van der Waals surface area (Å²) in [4.78, 5) is 33.3. The molecule has 2 aromatic carbocycles. The molecule has 1 saturated heterocycles. The lowest BCUT2D eigenvalue weighted by atomic mass is 10.2. The molecule has 2 amide bonds. The van der Waals surface area contributed by atoms with Gasteiger partial charge in [-0.2, -0.15) is 0 Å². The number of hydrogen-bond acceptors (Lipinski definition) is 4. The second kappa shape index (κ2) is 11.5. The second-order valence-electron chi connectivity index (χ2n) is 7.26. The van der Waals surface area contributed by atoms with Gasteiger partial charge in [0.25, 0.3) is 5.56 Å². The molecule has 178 valence electrons.